The first kappa shape index (κ1) is 10.9. The van der Waals surface area contributed by atoms with Gasteiger partial charge in [-0.05, 0) is 12.1 Å². The third-order valence-corrected chi connectivity index (χ3v) is 2.75. The van der Waals surface area contributed by atoms with Gasteiger partial charge in [0.15, 0.2) is 5.15 Å². The maximum Gasteiger partial charge on any atom is 0.273 e. The Morgan fingerprint density at radius 1 is 1.33 bits per heavy atom. The molecule has 1 N–H and O–H groups in total. The van der Waals surface area contributed by atoms with Gasteiger partial charge in [-0.2, -0.15) is 14.9 Å². The zero-order valence-electron chi connectivity index (χ0n) is 8.89. The number of benzene rings is 1. The number of nitrogens with one attached hydrogen (secondary N) is 1. The monoisotopic (exact) mass is 264 g/mol. The highest BCUT2D eigenvalue weighted by Gasteiger charge is 2.11. The fourth-order valence-corrected chi connectivity index (χ4v) is 1.83. The number of aromatic amines is 1. The van der Waals surface area contributed by atoms with Gasteiger partial charge in [-0.1, -0.05) is 23.7 Å². The van der Waals surface area contributed by atoms with Crippen LogP contribution in [0.3, 0.4) is 0 Å². The zero-order chi connectivity index (χ0) is 12.7. The molecule has 0 unspecified atom stereocenters. The van der Waals surface area contributed by atoms with Crippen LogP contribution in [0.1, 0.15) is 0 Å². The summed E-state index contributed by atoms with van der Waals surface area (Å²) < 4.78 is 14.6. The van der Waals surface area contributed by atoms with E-state index >= 15 is 0 Å². The van der Waals surface area contributed by atoms with E-state index in [4.69, 9.17) is 11.6 Å². The molecule has 18 heavy (non-hydrogen) atoms. The van der Waals surface area contributed by atoms with Crippen molar-refractivity contribution in [1.29, 1.82) is 0 Å². The van der Waals surface area contributed by atoms with Crippen molar-refractivity contribution < 1.29 is 4.39 Å². The molecule has 90 valence electrons. The molecule has 3 rings (SSSR count). The molecule has 0 bridgehead atoms. The first-order chi connectivity index (χ1) is 8.66. The highest BCUT2D eigenvalue weighted by atomic mass is 35.5. The van der Waals surface area contributed by atoms with Gasteiger partial charge in [0.05, 0.1) is 5.52 Å². The Bertz CT molecular complexity index is 795. The van der Waals surface area contributed by atoms with Crippen LogP contribution in [-0.2, 0) is 0 Å². The molecule has 0 aliphatic heterocycles. The lowest BCUT2D eigenvalue weighted by Gasteiger charge is -2.04. The molecule has 0 spiro atoms. The number of aromatic nitrogens is 4. The highest BCUT2D eigenvalue weighted by molar-refractivity contribution is 6.33. The average molecular weight is 265 g/mol. The minimum atomic E-state index is -0.536. The molecular weight excluding hydrogens is 259 g/mol. The van der Waals surface area contributed by atoms with Crippen LogP contribution in [-0.4, -0.2) is 20.0 Å². The fraction of sp³-hybridized carbons (Fsp3) is 0. The minimum absolute atomic E-state index is 0.0710. The quantitative estimate of drug-likeness (QED) is 0.730. The lowest BCUT2D eigenvalue weighted by molar-refractivity contribution is 0.607. The fourth-order valence-electron chi connectivity index (χ4n) is 1.65. The second-order valence-electron chi connectivity index (χ2n) is 3.62. The molecular formula is C11H6ClFN4O. The third kappa shape index (κ3) is 1.58. The first-order valence-corrected chi connectivity index (χ1v) is 5.43. The Morgan fingerprint density at radius 2 is 2.11 bits per heavy atom. The Kier molecular flexibility index (Phi) is 2.38. The summed E-state index contributed by atoms with van der Waals surface area (Å²) in [5.41, 5.74) is 0.340. The molecule has 0 radical (unpaired) electrons. The van der Waals surface area contributed by atoms with Crippen LogP contribution in [0.5, 0.6) is 0 Å². The van der Waals surface area contributed by atoms with Crippen molar-refractivity contribution in [1.82, 2.24) is 20.0 Å². The number of fused-ring (bicyclic) bond motifs is 1. The van der Waals surface area contributed by atoms with Gasteiger partial charge >= 0.3 is 0 Å². The van der Waals surface area contributed by atoms with Crippen LogP contribution in [0.15, 0.2) is 35.1 Å². The second-order valence-corrected chi connectivity index (χ2v) is 3.98. The molecule has 2 heterocycles. The number of H-pyrrole nitrogens is 1. The van der Waals surface area contributed by atoms with Crippen LogP contribution in [0.4, 0.5) is 4.39 Å². The Balaban J connectivity index is 2.36. The summed E-state index contributed by atoms with van der Waals surface area (Å²) in [6.45, 7) is 0. The molecule has 2 aromatic heterocycles. The third-order valence-electron chi connectivity index (χ3n) is 2.48. The number of halogens is 2. The van der Waals surface area contributed by atoms with Crippen molar-refractivity contribution in [2.24, 2.45) is 0 Å². The van der Waals surface area contributed by atoms with Gasteiger partial charge in [0, 0.05) is 6.07 Å². The molecule has 7 heteroatoms. The number of hydrogen-bond acceptors (Lipinski definition) is 3. The van der Waals surface area contributed by atoms with Gasteiger partial charge in [-0.15, -0.1) is 0 Å². The predicted molar refractivity (Wildman–Crippen MR) is 64.5 cm³/mol. The second kappa shape index (κ2) is 3.92. The number of rotatable bonds is 1. The van der Waals surface area contributed by atoms with Crippen molar-refractivity contribution in [3.05, 3.63) is 51.7 Å². The molecule has 3 aromatic rings. The summed E-state index contributed by atoms with van der Waals surface area (Å²) in [6.07, 6.45) is 0. The van der Waals surface area contributed by atoms with Gasteiger partial charge in [0.2, 0.25) is 0 Å². The molecule has 0 aliphatic rings. The van der Waals surface area contributed by atoms with Gasteiger partial charge < -0.3 is 0 Å². The van der Waals surface area contributed by atoms with Crippen molar-refractivity contribution in [3.8, 4) is 5.69 Å². The Hall–Kier alpha value is -2.21. The maximum absolute atomic E-state index is 13.6. The molecule has 0 aliphatic carbocycles. The van der Waals surface area contributed by atoms with Crippen LogP contribution < -0.4 is 5.56 Å². The normalized spacial score (nSPS) is 11.0. The molecule has 5 nitrogen and oxygen atoms in total. The minimum Gasteiger partial charge on any atom is -0.274 e. The van der Waals surface area contributed by atoms with E-state index in [0.29, 0.717) is 11.0 Å². The zero-order valence-corrected chi connectivity index (χ0v) is 9.65. The Morgan fingerprint density at radius 3 is 2.89 bits per heavy atom. The van der Waals surface area contributed by atoms with Crippen LogP contribution in [0.25, 0.3) is 16.7 Å². The SMILES string of the molecule is O=c1cc2[nH]nc(Cl)c2nn1-c1ccccc1F. The lowest BCUT2D eigenvalue weighted by Crippen LogP contribution is -2.20. The van der Waals surface area contributed by atoms with Gasteiger partial charge in [-0.25, -0.2) is 4.39 Å². The number of para-hydroxylation sites is 1. The molecule has 0 saturated heterocycles. The van der Waals surface area contributed by atoms with Crippen LogP contribution in [0.2, 0.25) is 5.15 Å². The van der Waals surface area contributed by atoms with Crippen molar-refractivity contribution in [2.75, 3.05) is 0 Å². The number of nitrogens with zero attached hydrogens (tertiary/aromatic N) is 3. The maximum atomic E-state index is 13.6. The summed E-state index contributed by atoms with van der Waals surface area (Å²) in [5, 5.41) is 10.4. The van der Waals surface area contributed by atoms with Crippen molar-refractivity contribution >= 4 is 22.6 Å². The van der Waals surface area contributed by atoms with E-state index in [-0.39, 0.29) is 10.8 Å². The lowest BCUT2D eigenvalue weighted by atomic mass is 10.3. The molecule has 0 atom stereocenters. The summed E-state index contributed by atoms with van der Waals surface area (Å²) in [5.74, 6) is -0.536. The average Bonchev–Trinajstić information content (AvgIpc) is 2.70. The summed E-state index contributed by atoms with van der Waals surface area (Å²) in [7, 11) is 0. The van der Waals surface area contributed by atoms with Crippen LogP contribution >= 0.6 is 11.6 Å². The standard InChI is InChI=1S/C11H6ClFN4O/c12-11-10-7(14-15-11)5-9(18)17(16-10)8-4-2-1-3-6(8)13/h1-5,14H. The topological polar surface area (TPSA) is 63.6 Å². The van der Waals surface area contributed by atoms with E-state index in [1.54, 1.807) is 6.07 Å². The van der Waals surface area contributed by atoms with E-state index in [0.717, 1.165) is 4.68 Å². The number of hydrogen-bond donors (Lipinski definition) is 1. The van der Waals surface area contributed by atoms with E-state index in [1.165, 1.54) is 24.3 Å². The van der Waals surface area contributed by atoms with Crippen molar-refractivity contribution in [2.45, 2.75) is 0 Å². The summed E-state index contributed by atoms with van der Waals surface area (Å²) in [4.78, 5) is 11.8. The van der Waals surface area contributed by atoms with Gasteiger partial charge in [-0.3, -0.25) is 9.89 Å². The van der Waals surface area contributed by atoms with Crippen LogP contribution in [0, 0.1) is 5.82 Å². The van der Waals surface area contributed by atoms with E-state index in [2.05, 4.69) is 15.3 Å². The smallest absolute Gasteiger partial charge is 0.273 e. The van der Waals surface area contributed by atoms with Gasteiger partial charge in [0.25, 0.3) is 5.56 Å². The van der Waals surface area contributed by atoms with E-state index < -0.39 is 11.4 Å². The summed E-state index contributed by atoms with van der Waals surface area (Å²) >= 11 is 5.81. The summed E-state index contributed by atoms with van der Waals surface area (Å²) in [6, 6.07) is 7.14. The predicted octanol–water partition coefficient (Wildman–Crippen LogP) is 1.90. The van der Waals surface area contributed by atoms with E-state index in [9.17, 15) is 9.18 Å². The van der Waals surface area contributed by atoms with Crippen molar-refractivity contribution in [3.63, 3.8) is 0 Å². The molecule has 0 fully saturated rings. The van der Waals surface area contributed by atoms with E-state index in [1.807, 2.05) is 0 Å². The van der Waals surface area contributed by atoms with Gasteiger partial charge in [0.1, 0.15) is 17.0 Å². The largest absolute Gasteiger partial charge is 0.274 e. The Labute approximate surface area is 105 Å². The molecule has 0 amide bonds. The first-order valence-electron chi connectivity index (χ1n) is 5.05. The molecule has 0 saturated carbocycles. The molecule has 1 aromatic carbocycles. The highest BCUT2D eigenvalue weighted by Crippen LogP contribution is 2.17.